The van der Waals surface area contributed by atoms with Gasteiger partial charge in [-0.05, 0) is 101 Å². The standard InChI is InChI=1S/C63H113N11O13/c1-25-27-28-40(15)52(76)51-56(80)66-43(26-2)58(82)72(22)48(33-75)61(85)68(18)45(30-35(5)6)55(79)67-49(38(11)12)62(86)69(19)44(29-34(3)4)54(78)64-41(16)53(77)65-42(17)57(81)70(20)46(31-36(7)8)59(83)71(21)47(32-37(9)10)60(84)73(23)50(39(13)14)63(87)74(51)24/h25,27,34-52,75-76H,26,28-33H2,1-24H3,(H,64,78)(H,65,77)(H,66,80)(H,67,79)/b27-25+/t40-,41+,42-,43+,44+,45+,46+,47-,48-,49+,50+,51+,52-/m1/s1. The minimum absolute atomic E-state index is 0.0623. The molecule has 1 saturated heterocycles. The van der Waals surface area contributed by atoms with E-state index in [-0.39, 0.29) is 62.2 Å². The molecule has 0 bridgehead atoms. The second-order valence-electron chi connectivity index (χ2n) is 26.5. The molecule has 498 valence electrons. The topological polar surface area (TPSA) is 299 Å². The van der Waals surface area contributed by atoms with E-state index >= 15 is 9.59 Å². The van der Waals surface area contributed by atoms with Crippen LogP contribution in [0.15, 0.2) is 12.2 Å². The molecule has 87 heavy (non-hydrogen) atoms. The van der Waals surface area contributed by atoms with Gasteiger partial charge in [-0.1, -0.05) is 109 Å². The van der Waals surface area contributed by atoms with Crippen LogP contribution in [0.3, 0.4) is 0 Å². The number of allylic oxidation sites excluding steroid dienone is 2. The van der Waals surface area contributed by atoms with Crippen LogP contribution in [0, 0.1) is 41.4 Å². The Labute approximate surface area is 520 Å². The fourth-order valence-corrected chi connectivity index (χ4v) is 11.0. The van der Waals surface area contributed by atoms with Crippen molar-refractivity contribution in [1.82, 2.24) is 55.6 Å². The number of carbonyl (C=O) groups is 11. The van der Waals surface area contributed by atoms with Crippen LogP contribution < -0.4 is 21.3 Å². The molecule has 1 rings (SSSR count). The lowest BCUT2D eigenvalue weighted by atomic mass is 9.91. The lowest BCUT2D eigenvalue weighted by Gasteiger charge is -2.41. The maximum atomic E-state index is 15.2. The van der Waals surface area contributed by atoms with E-state index in [0.717, 1.165) is 14.7 Å². The van der Waals surface area contributed by atoms with Crippen LogP contribution in [0.4, 0.5) is 0 Å². The number of rotatable bonds is 16. The van der Waals surface area contributed by atoms with Crippen molar-refractivity contribution in [2.24, 2.45) is 41.4 Å². The van der Waals surface area contributed by atoms with Crippen LogP contribution in [0.25, 0.3) is 0 Å². The molecule has 0 aromatic carbocycles. The molecule has 0 aliphatic carbocycles. The van der Waals surface area contributed by atoms with Crippen molar-refractivity contribution < 1.29 is 63.0 Å². The third kappa shape index (κ3) is 21.5. The fraction of sp³-hybridized carbons (Fsp3) is 0.794. The van der Waals surface area contributed by atoms with Crippen molar-refractivity contribution >= 4 is 65.0 Å². The quantitative estimate of drug-likeness (QED) is 0.121. The van der Waals surface area contributed by atoms with Gasteiger partial charge in [-0.3, -0.25) is 52.7 Å². The molecule has 11 amide bonds. The number of aliphatic hydroxyl groups is 2. The number of carbonyl (C=O) groups excluding carboxylic acids is 11. The van der Waals surface area contributed by atoms with Crippen molar-refractivity contribution in [3.63, 3.8) is 0 Å². The second kappa shape index (κ2) is 35.7. The van der Waals surface area contributed by atoms with Gasteiger partial charge in [0.25, 0.3) is 0 Å². The van der Waals surface area contributed by atoms with Gasteiger partial charge >= 0.3 is 0 Å². The molecule has 0 aromatic heterocycles. The third-order valence-corrected chi connectivity index (χ3v) is 16.6. The minimum Gasteiger partial charge on any atom is -0.394 e. The molecule has 1 heterocycles. The van der Waals surface area contributed by atoms with Gasteiger partial charge in [0.2, 0.25) is 65.0 Å². The predicted molar refractivity (Wildman–Crippen MR) is 334 cm³/mol. The summed E-state index contributed by atoms with van der Waals surface area (Å²) in [5, 5.41) is 33.9. The molecular formula is C63H113N11O13. The SMILES string of the molecule is C/C=C/C[C@@H](C)[C@@H](O)[C@H]1C(=O)N[C@@H](CC)C(=O)N(C)[C@H](CO)C(=O)N(C)[C@@H](CC(C)C)C(=O)N[C@@H](C(C)C)C(=O)N(C)[C@@H](CC(C)C)C(=O)N[C@@H](C)C(=O)N[C@H](C)C(=O)N(C)[C@@H](CC(C)C)C(=O)N(C)[C@H](CC(C)C)C(=O)N(C)[C@@H](C(C)C)C(=O)N1C. The largest absolute Gasteiger partial charge is 0.394 e. The minimum atomic E-state index is -1.67. The Morgan fingerprint density at radius 1 is 0.425 bits per heavy atom. The molecule has 0 unspecified atom stereocenters. The van der Waals surface area contributed by atoms with E-state index in [0.29, 0.717) is 0 Å². The monoisotopic (exact) mass is 1230 g/mol. The van der Waals surface area contributed by atoms with Gasteiger partial charge < -0.3 is 65.8 Å². The molecule has 24 nitrogen and oxygen atoms in total. The Kier molecular flexibility index (Phi) is 32.4. The van der Waals surface area contributed by atoms with Gasteiger partial charge in [-0.25, -0.2) is 0 Å². The van der Waals surface area contributed by atoms with Gasteiger partial charge in [-0.2, -0.15) is 0 Å². The summed E-state index contributed by atoms with van der Waals surface area (Å²) in [5.74, 6) is -10.6. The Morgan fingerprint density at radius 3 is 1.23 bits per heavy atom. The van der Waals surface area contributed by atoms with Gasteiger partial charge in [0.05, 0.1) is 12.7 Å². The first-order valence-electron chi connectivity index (χ1n) is 31.2. The highest BCUT2D eigenvalue weighted by molar-refractivity contribution is 6.00. The number of hydrogen-bond donors (Lipinski definition) is 6. The van der Waals surface area contributed by atoms with E-state index in [2.05, 4.69) is 21.3 Å². The highest BCUT2D eigenvalue weighted by atomic mass is 16.3. The lowest BCUT2D eigenvalue weighted by Crippen LogP contribution is -2.64. The van der Waals surface area contributed by atoms with Crippen LogP contribution >= 0.6 is 0 Å². The van der Waals surface area contributed by atoms with Gasteiger partial charge in [0, 0.05) is 49.3 Å². The Bertz CT molecular complexity index is 2380. The lowest BCUT2D eigenvalue weighted by molar-refractivity contribution is -0.157. The predicted octanol–water partition coefficient (Wildman–Crippen LogP) is 2.63. The summed E-state index contributed by atoms with van der Waals surface area (Å²) < 4.78 is 0. The van der Waals surface area contributed by atoms with Crippen molar-refractivity contribution in [2.45, 2.75) is 229 Å². The zero-order valence-corrected chi connectivity index (χ0v) is 57.1. The zero-order chi connectivity index (χ0) is 67.6. The van der Waals surface area contributed by atoms with Crippen LogP contribution in [-0.2, 0) is 52.7 Å². The summed E-state index contributed by atoms with van der Waals surface area (Å²) in [6.07, 6.45) is 2.71. The van der Waals surface area contributed by atoms with Crippen molar-refractivity contribution in [1.29, 1.82) is 0 Å². The van der Waals surface area contributed by atoms with E-state index in [4.69, 9.17) is 0 Å². The molecule has 6 N–H and O–H groups in total. The molecule has 0 saturated carbocycles. The van der Waals surface area contributed by atoms with E-state index < -0.39 is 162 Å². The highest BCUT2D eigenvalue weighted by Crippen LogP contribution is 2.26. The number of hydrogen-bond acceptors (Lipinski definition) is 13. The summed E-state index contributed by atoms with van der Waals surface area (Å²) in [7, 11) is 9.64. The van der Waals surface area contributed by atoms with Crippen molar-refractivity contribution in [3.05, 3.63) is 12.2 Å². The summed E-state index contributed by atoms with van der Waals surface area (Å²) in [4.78, 5) is 169. The Balaban J connectivity index is 4.41. The molecule has 0 radical (unpaired) electrons. The van der Waals surface area contributed by atoms with Crippen LogP contribution in [0.5, 0.6) is 0 Å². The highest BCUT2D eigenvalue weighted by Gasteiger charge is 2.46. The normalized spacial score (nSPS) is 27.4. The summed E-state index contributed by atoms with van der Waals surface area (Å²) >= 11 is 0. The molecule has 1 fully saturated rings. The first-order valence-corrected chi connectivity index (χ1v) is 31.2. The maximum absolute atomic E-state index is 15.2. The summed E-state index contributed by atoms with van der Waals surface area (Å²) in [6.45, 7) is 28.6. The van der Waals surface area contributed by atoms with Crippen LogP contribution in [-0.4, -0.2) is 238 Å². The first kappa shape index (κ1) is 78.8. The average molecular weight is 1230 g/mol. The number of likely N-dealkylation sites (N-methyl/N-ethyl adjacent to an activating group) is 7. The van der Waals surface area contributed by atoms with E-state index in [1.807, 2.05) is 55.4 Å². The number of aliphatic hydroxyl groups excluding tert-OH is 2. The molecule has 0 spiro atoms. The number of nitrogens with zero attached hydrogens (tertiary/aromatic N) is 7. The molecule has 1 aliphatic rings. The first-order chi connectivity index (χ1) is 40.2. The Morgan fingerprint density at radius 2 is 0.805 bits per heavy atom. The molecule has 13 atom stereocenters. The van der Waals surface area contributed by atoms with Crippen LogP contribution in [0.1, 0.15) is 156 Å². The van der Waals surface area contributed by atoms with Crippen molar-refractivity contribution in [3.8, 4) is 0 Å². The van der Waals surface area contributed by atoms with E-state index in [1.165, 1.54) is 82.8 Å². The smallest absolute Gasteiger partial charge is 0.248 e. The third-order valence-electron chi connectivity index (χ3n) is 16.6. The molecule has 1 aliphatic heterocycles. The zero-order valence-electron chi connectivity index (χ0n) is 57.1. The van der Waals surface area contributed by atoms with Crippen molar-refractivity contribution in [2.75, 3.05) is 55.9 Å². The average Bonchev–Trinajstić information content (AvgIpc) is 1.23. The summed E-state index contributed by atoms with van der Waals surface area (Å²) in [6, 6.07) is -14.4. The van der Waals surface area contributed by atoms with E-state index in [1.54, 1.807) is 60.6 Å². The van der Waals surface area contributed by atoms with Crippen LogP contribution in [0.2, 0.25) is 0 Å². The van der Waals surface area contributed by atoms with E-state index in [9.17, 15) is 53.4 Å². The van der Waals surface area contributed by atoms with Gasteiger partial charge in [0.1, 0.15) is 66.5 Å². The van der Waals surface area contributed by atoms with Gasteiger partial charge in [-0.15, -0.1) is 0 Å². The van der Waals surface area contributed by atoms with Gasteiger partial charge in [0.15, 0.2) is 0 Å². The number of nitrogens with one attached hydrogen (secondary N) is 4. The maximum Gasteiger partial charge on any atom is 0.248 e. The molecule has 24 heteroatoms. The number of amides is 11. The molecular weight excluding hydrogens is 1120 g/mol. The summed E-state index contributed by atoms with van der Waals surface area (Å²) in [5.41, 5.74) is 0. The Hall–Kier alpha value is -6.17. The second-order valence-corrected chi connectivity index (χ2v) is 26.5. The fourth-order valence-electron chi connectivity index (χ4n) is 11.0. The molecule has 0 aromatic rings.